The van der Waals surface area contributed by atoms with Crippen LogP contribution in [0.15, 0.2) is 83.3 Å². The number of hydrogen-bond donors (Lipinski definition) is 1. The van der Waals surface area contributed by atoms with E-state index in [4.69, 9.17) is 9.72 Å². The lowest BCUT2D eigenvalue weighted by atomic mass is 10.2. The molecule has 2 aromatic heterocycles. The fraction of sp³-hybridized carbons (Fsp3) is 0.192. The molecular weight excluding hydrogens is 466 g/mol. The average Bonchev–Trinajstić information content (AvgIpc) is 3.30. The van der Waals surface area contributed by atoms with Crippen molar-refractivity contribution < 1.29 is 9.53 Å². The highest BCUT2D eigenvalue weighted by Crippen LogP contribution is 2.32. The molecule has 4 rings (SSSR count). The summed E-state index contributed by atoms with van der Waals surface area (Å²) < 4.78 is 6.74. The Kier molecular flexibility index (Phi) is 7.49. The number of carbonyl (C=O) groups is 1. The van der Waals surface area contributed by atoms with Crippen molar-refractivity contribution in [3.05, 3.63) is 89.2 Å². The van der Waals surface area contributed by atoms with Crippen LogP contribution in [-0.4, -0.2) is 27.8 Å². The largest absolute Gasteiger partial charge is 0.497 e. The molecular formula is C26H25N3O3S2. The molecule has 1 unspecified atom stereocenters. The third-order valence-electron chi connectivity index (χ3n) is 5.26. The monoisotopic (exact) mass is 491 g/mol. The molecule has 0 saturated carbocycles. The summed E-state index contributed by atoms with van der Waals surface area (Å²) in [5, 5.41) is 3.60. The van der Waals surface area contributed by atoms with Crippen LogP contribution >= 0.6 is 23.1 Å². The van der Waals surface area contributed by atoms with Crippen LogP contribution in [0, 0.1) is 0 Å². The number of thiophene rings is 1. The highest BCUT2D eigenvalue weighted by atomic mass is 32.2. The minimum absolute atomic E-state index is 0.128. The number of aromatic nitrogens is 2. The number of hydrogen-bond acceptors (Lipinski definition) is 6. The third-order valence-corrected chi connectivity index (χ3v) is 7.43. The van der Waals surface area contributed by atoms with Gasteiger partial charge in [0.05, 0.1) is 17.7 Å². The van der Waals surface area contributed by atoms with Gasteiger partial charge in [-0.3, -0.25) is 14.2 Å². The summed E-state index contributed by atoms with van der Waals surface area (Å²) in [6, 6.07) is 19.4. The first kappa shape index (κ1) is 23.8. The fourth-order valence-electron chi connectivity index (χ4n) is 3.41. The van der Waals surface area contributed by atoms with E-state index < -0.39 is 5.25 Å². The molecule has 0 aliphatic carbocycles. The molecule has 0 radical (unpaired) electrons. The Morgan fingerprint density at radius 1 is 1.24 bits per heavy atom. The average molecular weight is 492 g/mol. The van der Waals surface area contributed by atoms with Gasteiger partial charge in [-0.2, -0.15) is 0 Å². The Balaban J connectivity index is 1.55. The number of nitrogens with one attached hydrogen (secondary N) is 1. The number of amides is 1. The lowest BCUT2D eigenvalue weighted by Gasteiger charge is -2.15. The van der Waals surface area contributed by atoms with Gasteiger partial charge in [0.15, 0.2) is 5.16 Å². The zero-order valence-electron chi connectivity index (χ0n) is 19.0. The Hall–Kier alpha value is -3.36. The molecule has 0 fully saturated rings. The number of benzene rings is 2. The molecule has 1 N–H and O–H groups in total. The number of methoxy groups -OCH3 is 1. The molecule has 34 heavy (non-hydrogen) atoms. The molecule has 4 aromatic rings. The molecule has 6 nitrogen and oxygen atoms in total. The third kappa shape index (κ3) is 5.24. The van der Waals surface area contributed by atoms with Gasteiger partial charge < -0.3 is 10.1 Å². The first-order chi connectivity index (χ1) is 16.5. The molecule has 174 valence electrons. The minimum Gasteiger partial charge on any atom is -0.497 e. The van der Waals surface area contributed by atoms with E-state index in [0.29, 0.717) is 28.5 Å². The lowest BCUT2D eigenvalue weighted by molar-refractivity contribution is -0.120. The second-order valence-electron chi connectivity index (χ2n) is 7.62. The predicted octanol–water partition coefficient (Wildman–Crippen LogP) is 5.12. The molecule has 0 aliphatic rings. The van der Waals surface area contributed by atoms with Crippen molar-refractivity contribution in [3.63, 3.8) is 0 Å². The Morgan fingerprint density at radius 3 is 2.65 bits per heavy atom. The molecule has 0 bridgehead atoms. The zero-order valence-corrected chi connectivity index (χ0v) is 20.6. The maximum atomic E-state index is 13.3. The molecule has 1 atom stereocenters. The number of rotatable bonds is 9. The zero-order chi connectivity index (χ0) is 24.1. The van der Waals surface area contributed by atoms with Crippen LogP contribution in [0.4, 0.5) is 0 Å². The minimum atomic E-state index is -0.438. The number of allylic oxidation sites excluding steroid dienone is 1. The van der Waals surface area contributed by atoms with Crippen LogP contribution in [0.5, 0.6) is 5.75 Å². The first-order valence-corrected chi connectivity index (χ1v) is 12.5. The van der Waals surface area contributed by atoms with E-state index in [1.54, 1.807) is 17.8 Å². The number of fused-ring (bicyclic) bond motifs is 1. The highest BCUT2D eigenvalue weighted by molar-refractivity contribution is 8.00. The number of ether oxygens (including phenoxy) is 1. The Labute approximate surface area is 206 Å². The van der Waals surface area contributed by atoms with Crippen molar-refractivity contribution in [2.24, 2.45) is 0 Å². The number of nitrogens with zero attached hydrogens (tertiary/aromatic N) is 2. The SMILES string of the molecule is C=CCn1c(SC(C)C(=O)NCc2ccc(OC)cc2)nc2sc(-c3ccccc3)cc2c1=O. The van der Waals surface area contributed by atoms with Gasteiger partial charge in [-0.05, 0) is 36.2 Å². The van der Waals surface area contributed by atoms with Gasteiger partial charge >= 0.3 is 0 Å². The van der Waals surface area contributed by atoms with Crippen molar-refractivity contribution >= 4 is 39.2 Å². The van der Waals surface area contributed by atoms with Crippen LogP contribution in [0.25, 0.3) is 20.7 Å². The van der Waals surface area contributed by atoms with E-state index in [1.165, 1.54) is 23.1 Å². The Morgan fingerprint density at radius 2 is 1.97 bits per heavy atom. The first-order valence-electron chi connectivity index (χ1n) is 10.8. The lowest BCUT2D eigenvalue weighted by Crippen LogP contribution is -2.31. The molecule has 2 heterocycles. The summed E-state index contributed by atoms with van der Waals surface area (Å²) >= 11 is 2.75. The van der Waals surface area contributed by atoms with E-state index in [0.717, 1.165) is 21.8 Å². The van der Waals surface area contributed by atoms with Crippen LogP contribution in [0.3, 0.4) is 0 Å². The van der Waals surface area contributed by atoms with Gasteiger partial charge in [-0.1, -0.05) is 60.3 Å². The summed E-state index contributed by atoms with van der Waals surface area (Å²) in [5.41, 5.74) is 1.89. The van der Waals surface area contributed by atoms with Crippen LogP contribution in [-0.2, 0) is 17.9 Å². The summed E-state index contributed by atoms with van der Waals surface area (Å²) in [6.45, 7) is 6.32. The molecule has 8 heteroatoms. The predicted molar refractivity (Wildman–Crippen MR) is 140 cm³/mol. The standard InChI is InChI=1S/C26H25N3O3S2/c1-4-14-29-25(31)21-15-22(19-8-6-5-7-9-19)34-24(21)28-26(29)33-17(2)23(30)27-16-18-10-12-20(32-3)13-11-18/h4-13,15,17H,1,14,16H2,2-3H3,(H,27,30). The van der Waals surface area contributed by atoms with E-state index >= 15 is 0 Å². The quantitative estimate of drug-likeness (QED) is 0.200. The molecule has 0 aliphatic heterocycles. The van der Waals surface area contributed by atoms with Crippen LogP contribution in [0.2, 0.25) is 0 Å². The van der Waals surface area contributed by atoms with Gasteiger partial charge in [0.1, 0.15) is 10.6 Å². The van der Waals surface area contributed by atoms with Crippen molar-refractivity contribution in [3.8, 4) is 16.2 Å². The van der Waals surface area contributed by atoms with Crippen LogP contribution in [0.1, 0.15) is 12.5 Å². The molecule has 2 aromatic carbocycles. The van der Waals surface area contributed by atoms with Gasteiger partial charge in [0, 0.05) is 18.0 Å². The van der Waals surface area contributed by atoms with Gasteiger partial charge in [0.2, 0.25) is 5.91 Å². The Bertz CT molecular complexity index is 1360. The van der Waals surface area contributed by atoms with E-state index in [9.17, 15) is 9.59 Å². The number of carbonyl (C=O) groups excluding carboxylic acids is 1. The summed E-state index contributed by atoms with van der Waals surface area (Å²) in [5.74, 6) is 0.640. The molecule has 1 amide bonds. The van der Waals surface area contributed by atoms with Gasteiger partial charge in [-0.25, -0.2) is 4.98 Å². The van der Waals surface area contributed by atoms with Crippen molar-refractivity contribution in [1.82, 2.24) is 14.9 Å². The van der Waals surface area contributed by atoms with E-state index in [1.807, 2.05) is 67.6 Å². The highest BCUT2D eigenvalue weighted by Gasteiger charge is 2.20. The molecule has 0 saturated heterocycles. The summed E-state index contributed by atoms with van der Waals surface area (Å²) in [7, 11) is 1.62. The summed E-state index contributed by atoms with van der Waals surface area (Å²) in [4.78, 5) is 32.4. The normalized spacial score (nSPS) is 11.8. The topological polar surface area (TPSA) is 73.2 Å². The summed E-state index contributed by atoms with van der Waals surface area (Å²) in [6.07, 6.45) is 1.66. The van der Waals surface area contributed by atoms with Gasteiger partial charge in [-0.15, -0.1) is 17.9 Å². The van der Waals surface area contributed by atoms with E-state index in [2.05, 4.69) is 11.9 Å². The second kappa shape index (κ2) is 10.7. The van der Waals surface area contributed by atoms with Crippen molar-refractivity contribution in [2.45, 2.75) is 30.4 Å². The smallest absolute Gasteiger partial charge is 0.263 e. The number of thioether (sulfide) groups is 1. The molecule has 0 spiro atoms. The van der Waals surface area contributed by atoms with E-state index in [-0.39, 0.29) is 11.5 Å². The van der Waals surface area contributed by atoms with Crippen molar-refractivity contribution in [1.29, 1.82) is 0 Å². The maximum Gasteiger partial charge on any atom is 0.263 e. The van der Waals surface area contributed by atoms with Gasteiger partial charge in [0.25, 0.3) is 5.56 Å². The fourth-order valence-corrected chi connectivity index (χ4v) is 5.43. The maximum absolute atomic E-state index is 13.3. The van der Waals surface area contributed by atoms with Crippen LogP contribution < -0.4 is 15.6 Å². The van der Waals surface area contributed by atoms with Crippen molar-refractivity contribution in [2.75, 3.05) is 7.11 Å². The second-order valence-corrected chi connectivity index (χ2v) is 9.96.